The van der Waals surface area contributed by atoms with Crippen molar-refractivity contribution in [1.82, 2.24) is 4.90 Å². The molecular weight excluding hydrogens is 391 g/mol. The molecule has 1 aromatic rings. The van der Waals surface area contributed by atoms with Gasteiger partial charge < -0.3 is 9.80 Å². The summed E-state index contributed by atoms with van der Waals surface area (Å²) in [5, 5.41) is 1.10. The predicted molar refractivity (Wildman–Crippen MR) is 113 cm³/mol. The fraction of sp³-hybridized carbons (Fsp3) is 0.650. The van der Waals surface area contributed by atoms with Crippen molar-refractivity contribution in [2.45, 2.75) is 44.6 Å². The van der Waals surface area contributed by atoms with Crippen LogP contribution in [-0.2, 0) is 4.79 Å². The first-order valence-electron chi connectivity index (χ1n) is 9.24. The number of likely N-dealkylation sites (N-methyl/N-ethyl adjacent to an activating group) is 1. The number of piperidine rings is 1. The van der Waals surface area contributed by atoms with Crippen molar-refractivity contribution in [3.8, 4) is 0 Å². The second-order valence-corrected chi connectivity index (χ2v) is 8.72. The maximum absolute atomic E-state index is 13.1. The van der Waals surface area contributed by atoms with Gasteiger partial charge in [-0.3, -0.25) is 4.79 Å². The summed E-state index contributed by atoms with van der Waals surface area (Å²) in [6.07, 6.45) is 6.05. The zero-order chi connectivity index (χ0) is 18.2. The quantitative estimate of drug-likeness (QED) is 0.659. The molecule has 0 aromatic heterocycles. The summed E-state index contributed by atoms with van der Waals surface area (Å²) in [6, 6.07) is 5.76. The molecule has 3 nitrogen and oxygen atoms in total. The lowest BCUT2D eigenvalue weighted by atomic mass is 9.62. The zero-order valence-corrected chi connectivity index (χ0v) is 18.1. The number of anilines is 1. The number of carbonyl (C=O) groups is 1. The smallest absolute Gasteiger partial charge is 0.156 e. The molecule has 0 radical (unpaired) electrons. The van der Waals surface area contributed by atoms with Crippen LogP contribution in [0.4, 0.5) is 5.69 Å². The highest BCUT2D eigenvalue weighted by molar-refractivity contribution is 6.42. The van der Waals surface area contributed by atoms with Gasteiger partial charge in [-0.25, -0.2) is 0 Å². The number of benzene rings is 1. The minimum absolute atomic E-state index is 0. The van der Waals surface area contributed by atoms with E-state index >= 15 is 0 Å². The first-order valence-corrected chi connectivity index (χ1v) is 10.0. The summed E-state index contributed by atoms with van der Waals surface area (Å²) in [6.45, 7) is 3.40. The van der Waals surface area contributed by atoms with Crippen LogP contribution < -0.4 is 4.90 Å². The Morgan fingerprint density at radius 2 is 1.88 bits per heavy atom. The fourth-order valence-electron chi connectivity index (χ4n) is 5.14. The number of halogens is 3. The van der Waals surface area contributed by atoms with Crippen LogP contribution >= 0.6 is 35.6 Å². The SMILES string of the molecule is CC(=O)C1(CN(C)C)C2CCCCC2CCN1c1ccc(Cl)c(Cl)c1.Cl. The highest BCUT2D eigenvalue weighted by atomic mass is 35.5. The standard InChI is InChI=1S/C20H28Cl2N2O.ClH/c1-14(25)20(13-23(2)3)17-7-5-4-6-15(17)10-11-24(20)16-8-9-18(21)19(22)12-16;/h8-9,12,15,17H,4-7,10-11,13H2,1-3H3;1H. The summed E-state index contributed by atoms with van der Waals surface area (Å²) >= 11 is 12.4. The number of hydrogen-bond donors (Lipinski definition) is 0. The minimum Gasteiger partial charge on any atom is -0.357 e. The Morgan fingerprint density at radius 1 is 1.19 bits per heavy atom. The van der Waals surface area contributed by atoms with E-state index in [1.165, 1.54) is 19.3 Å². The Bertz CT molecular complexity index is 652. The summed E-state index contributed by atoms with van der Waals surface area (Å²) in [7, 11) is 4.12. The lowest BCUT2D eigenvalue weighted by molar-refractivity contribution is -0.127. The van der Waals surface area contributed by atoms with Gasteiger partial charge in [-0.15, -0.1) is 12.4 Å². The van der Waals surface area contributed by atoms with Gasteiger partial charge in [-0.1, -0.05) is 42.5 Å². The molecule has 2 aliphatic rings. The van der Waals surface area contributed by atoms with Crippen molar-refractivity contribution in [1.29, 1.82) is 0 Å². The molecule has 2 fully saturated rings. The Kier molecular flexibility index (Phi) is 7.29. The first kappa shape index (κ1) is 21.8. The Hall–Kier alpha value is -0.480. The van der Waals surface area contributed by atoms with Crippen LogP contribution in [0.3, 0.4) is 0 Å². The van der Waals surface area contributed by atoms with E-state index < -0.39 is 5.54 Å². The normalized spacial score (nSPS) is 28.5. The second-order valence-electron chi connectivity index (χ2n) is 7.91. The number of fused-ring (bicyclic) bond motifs is 1. The highest BCUT2D eigenvalue weighted by Gasteiger charge is 2.54. The van der Waals surface area contributed by atoms with Gasteiger partial charge in [-0.2, -0.15) is 0 Å². The molecule has 1 aliphatic heterocycles. The number of ketones is 1. The lowest BCUT2D eigenvalue weighted by Crippen LogP contribution is -2.68. The summed E-state index contributed by atoms with van der Waals surface area (Å²) in [5.41, 5.74) is 0.528. The van der Waals surface area contributed by atoms with E-state index in [4.69, 9.17) is 23.2 Å². The predicted octanol–water partition coefficient (Wildman–Crippen LogP) is 5.32. The van der Waals surface area contributed by atoms with Gasteiger partial charge >= 0.3 is 0 Å². The van der Waals surface area contributed by atoms with Crippen molar-refractivity contribution >= 4 is 47.1 Å². The third-order valence-electron chi connectivity index (χ3n) is 6.11. The largest absolute Gasteiger partial charge is 0.357 e. The third-order valence-corrected chi connectivity index (χ3v) is 6.85. The van der Waals surface area contributed by atoms with Crippen LogP contribution in [0, 0.1) is 11.8 Å². The molecule has 1 saturated heterocycles. The fourth-order valence-corrected chi connectivity index (χ4v) is 5.43. The van der Waals surface area contributed by atoms with E-state index in [9.17, 15) is 4.79 Å². The monoisotopic (exact) mass is 418 g/mol. The molecular formula is C20H29Cl3N2O. The number of carbonyl (C=O) groups excluding carboxylic acids is 1. The summed E-state index contributed by atoms with van der Waals surface area (Å²) in [5.74, 6) is 1.32. The molecule has 0 amide bonds. The molecule has 1 saturated carbocycles. The molecule has 0 bridgehead atoms. The van der Waals surface area contributed by atoms with Gasteiger partial charge in [-0.05, 0) is 63.9 Å². The number of rotatable bonds is 4. The zero-order valence-electron chi connectivity index (χ0n) is 15.8. The van der Waals surface area contributed by atoms with Crippen molar-refractivity contribution in [2.24, 2.45) is 11.8 Å². The maximum Gasteiger partial charge on any atom is 0.156 e. The molecule has 0 spiro atoms. The van der Waals surface area contributed by atoms with E-state index in [-0.39, 0.29) is 18.2 Å². The molecule has 0 N–H and O–H groups in total. The molecule has 1 aromatic carbocycles. The maximum atomic E-state index is 13.1. The summed E-state index contributed by atoms with van der Waals surface area (Å²) < 4.78 is 0. The Labute approximate surface area is 173 Å². The highest BCUT2D eigenvalue weighted by Crippen LogP contribution is 2.48. The molecule has 3 rings (SSSR count). The van der Waals surface area contributed by atoms with Crippen LogP contribution in [0.5, 0.6) is 0 Å². The average molecular weight is 420 g/mol. The number of hydrogen-bond acceptors (Lipinski definition) is 3. The summed E-state index contributed by atoms with van der Waals surface area (Å²) in [4.78, 5) is 17.6. The van der Waals surface area contributed by atoms with Gasteiger partial charge in [0.25, 0.3) is 0 Å². The minimum atomic E-state index is -0.482. The average Bonchev–Trinajstić information content (AvgIpc) is 2.57. The van der Waals surface area contributed by atoms with Crippen molar-refractivity contribution in [3.05, 3.63) is 28.2 Å². The molecule has 1 aliphatic carbocycles. The van der Waals surface area contributed by atoms with E-state index in [0.717, 1.165) is 31.6 Å². The number of Topliss-reactive ketones (excluding diaryl/α,β-unsaturated/α-hetero) is 1. The van der Waals surface area contributed by atoms with Crippen molar-refractivity contribution in [3.63, 3.8) is 0 Å². The topological polar surface area (TPSA) is 23.6 Å². The Balaban J connectivity index is 0.00000243. The van der Waals surface area contributed by atoms with Gasteiger partial charge in [0.05, 0.1) is 10.0 Å². The molecule has 26 heavy (non-hydrogen) atoms. The van der Waals surface area contributed by atoms with E-state index in [2.05, 4.69) is 23.9 Å². The first-order chi connectivity index (χ1) is 11.9. The molecule has 6 heteroatoms. The van der Waals surface area contributed by atoms with Crippen LogP contribution in [0.2, 0.25) is 10.0 Å². The molecule has 146 valence electrons. The van der Waals surface area contributed by atoms with Gasteiger partial charge in [0, 0.05) is 18.8 Å². The molecule has 1 heterocycles. The van der Waals surface area contributed by atoms with Crippen LogP contribution in [0.15, 0.2) is 18.2 Å². The van der Waals surface area contributed by atoms with Crippen LogP contribution in [-0.4, -0.2) is 43.4 Å². The lowest BCUT2D eigenvalue weighted by Gasteiger charge is -2.57. The second kappa shape index (κ2) is 8.68. The molecule has 3 unspecified atom stereocenters. The van der Waals surface area contributed by atoms with Gasteiger partial charge in [0.1, 0.15) is 5.54 Å². The Morgan fingerprint density at radius 3 is 2.50 bits per heavy atom. The van der Waals surface area contributed by atoms with Gasteiger partial charge in [0.2, 0.25) is 0 Å². The molecule has 3 atom stereocenters. The van der Waals surface area contributed by atoms with Crippen LogP contribution in [0.25, 0.3) is 0 Å². The van der Waals surface area contributed by atoms with Crippen molar-refractivity contribution < 1.29 is 4.79 Å². The van der Waals surface area contributed by atoms with Crippen LogP contribution in [0.1, 0.15) is 39.0 Å². The number of nitrogens with zero attached hydrogens (tertiary/aromatic N) is 2. The van der Waals surface area contributed by atoms with E-state index in [1.807, 2.05) is 18.2 Å². The van der Waals surface area contributed by atoms with Gasteiger partial charge in [0.15, 0.2) is 5.78 Å². The van der Waals surface area contributed by atoms with E-state index in [1.54, 1.807) is 6.92 Å². The van der Waals surface area contributed by atoms with E-state index in [0.29, 0.717) is 21.9 Å². The third kappa shape index (κ3) is 3.87. The van der Waals surface area contributed by atoms with Crippen molar-refractivity contribution in [2.75, 3.05) is 32.1 Å².